The van der Waals surface area contributed by atoms with Crippen LogP contribution in [-0.4, -0.2) is 29.8 Å². The Hall–Kier alpha value is -2.33. The summed E-state index contributed by atoms with van der Waals surface area (Å²) in [5.41, 5.74) is 4.21. The first-order chi connectivity index (χ1) is 13.1. The van der Waals surface area contributed by atoms with Crippen LogP contribution in [0, 0.1) is 5.92 Å². The van der Waals surface area contributed by atoms with Gasteiger partial charge in [-0.3, -0.25) is 9.59 Å². The number of nitrogens with one attached hydrogen (secondary N) is 1. The van der Waals surface area contributed by atoms with Crippen molar-refractivity contribution in [2.75, 3.05) is 18.4 Å². The van der Waals surface area contributed by atoms with Gasteiger partial charge in [0.2, 0.25) is 5.91 Å². The SMILES string of the molecule is O=C(Nc1ccc2c(c1)CCC2)C1CCCN(C(=O)c2ccc(Cl)cc2)C1. The first kappa shape index (κ1) is 18.1. The van der Waals surface area contributed by atoms with Crippen molar-refractivity contribution in [3.05, 3.63) is 64.2 Å². The molecule has 0 aromatic heterocycles. The molecule has 1 heterocycles. The van der Waals surface area contributed by atoms with Crippen LogP contribution in [-0.2, 0) is 17.6 Å². The Morgan fingerprint density at radius 3 is 2.59 bits per heavy atom. The molecule has 5 heteroatoms. The lowest BCUT2D eigenvalue weighted by atomic mass is 9.96. The number of carbonyl (C=O) groups excluding carboxylic acids is 2. The van der Waals surface area contributed by atoms with Crippen LogP contribution in [0.4, 0.5) is 5.69 Å². The molecule has 0 radical (unpaired) electrons. The number of benzene rings is 2. The van der Waals surface area contributed by atoms with Crippen molar-refractivity contribution < 1.29 is 9.59 Å². The van der Waals surface area contributed by atoms with Crippen LogP contribution in [0.3, 0.4) is 0 Å². The molecule has 2 amide bonds. The summed E-state index contributed by atoms with van der Waals surface area (Å²) in [5.74, 6) is -0.216. The second-order valence-electron chi connectivity index (χ2n) is 7.42. The van der Waals surface area contributed by atoms with Crippen LogP contribution in [0.5, 0.6) is 0 Å². The van der Waals surface area contributed by atoms with Gasteiger partial charge < -0.3 is 10.2 Å². The lowest BCUT2D eigenvalue weighted by Gasteiger charge is -2.32. The molecule has 1 aliphatic carbocycles. The minimum absolute atomic E-state index is 0.00144. The Labute approximate surface area is 164 Å². The molecular weight excluding hydrogens is 360 g/mol. The van der Waals surface area contributed by atoms with E-state index in [1.807, 2.05) is 6.07 Å². The second kappa shape index (κ2) is 7.73. The van der Waals surface area contributed by atoms with Crippen LogP contribution in [0.15, 0.2) is 42.5 Å². The third kappa shape index (κ3) is 4.01. The highest BCUT2D eigenvalue weighted by atomic mass is 35.5. The van der Waals surface area contributed by atoms with E-state index >= 15 is 0 Å². The third-order valence-corrected chi connectivity index (χ3v) is 5.79. The Balaban J connectivity index is 1.40. The average molecular weight is 383 g/mol. The van der Waals surface area contributed by atoms with Crippen molar-refractivity contribution >= 4 is 29.1 Å². The molecule has 1 N–H and O–H groups in total. The van der Waals surface area contributed by atoms with Gasteiger partial charge in [0, 0.05) is 29.4 Å². The van der Waals surface area contributed by atoms with E-state index in [9.17, 15) is 9.59 Å². The Morgan fingerprint density at radius 1 is 1.00 bits per heavy atom. The maximum absolute atomic E-state index is 12.8. The summed E-state index contributed by atoms with van der Waals surface area (Å²) in [6.07, 6.45) is 5.06. The number of amides is 2. The van der Waals surface area contributed by atoms with Crippen molar-refractivity contribution in [2.24, 2.45) is 5.92 Å². The van der Waals surface area contributed by atoms with Crippen molar-refractivity contribution in [1.82, 2.24) is 4.90 Å². The van der Waals surface area contributed by atoms with Gasteiger partial charge in [0.15, 0.2) is 0 Å². The number of anilines is 1. The number of aryl methyl sites for hydroxylation is 2. The van der Waals surface area contributed by atoms with E-state index < -0.39 is 0 Å². The normalized spacial score (nSPS) is 18.9. The van der Waals surface area contributed by atoms with Crippen LogP contribution >= 0.6 is 11.6 Å². The molecule has 1 saturated heterocycles. The molecule has 1 aliphatic heterocycles. The maximum atomic E-state index is 12.8. The van der Waals surface area contributed by atoms with Crippen molar-refractivity contribution in [1.29, 1.82) is 0 Å². The Morgan fingerprint density at radius 2 is 1.78 bits per heavy atom. The minimum Gasteiger partial charge on any atom is -0.338 e. The Bertz CT molecular complexity index is 863. The van der Waals surface area contributed by atoms with Gasteiger partial charge in [0.1, 0.15) is 0 Å². The number of carbonyl (C=O) groups is 2. The number of halogens is 1. The van der Waals surface area contributed by atoms with Gasteiger partial charge in [0.25, 0.3) is 5.91 Å². The summed E-state index contributed by atoms with van der Waals surface area (Å²) < 4.78 is 0. The number of likely N-dealkylation sites (tertiary alicyclic amines) is 1. The highest BCUT2D eigenvalue weighted by Crippen LogP contribution is 2.26. The summed E-state index contributed by atoms with van der Waals surface area (Å²) in [4.78, 5) is 27.2. The number of rotatable bonds is 3. The number of fused-ring (bicyclic) bond motifs is 1. The first-order valence-corrected chi connectivity index (χ1v) is 9.95. The maximum Gasteiger partial charge on any atom is 0.253 e. The molecule has 4 rings (SSSR count). The fraction of sp³-hybridized carbons (Fsp3) is 0.364. The predicted molar refractivity (Wildman–Crippen MR) is 107 cm³/mol. The topological polar surface area (TPSA) is 49.4 Å². The molecule has 2 aromatic rings. The van der Waals surface area contributed by atoms with E-state index in [2.05, 4.69) is 17.4 Å². The summed E-state index contributed by atoms with van der Waals surface area (Å²) in [7, 11) is 0. The molecular formula is C22H23ClN2O2. The molecule has 1 fully saturated rings. The fourth-order valence-corrected chi connectivity index (χ4v) is 4.17. The van der Waals surface area contributed by atoms with Crippen LogP contribution < -0.4 is 5.32 Å². The largest absolute Gasteiger partial charge is 0.338 e. The van der Waals surface area contributed by atoms with Gasteiger partial charge in [-0.25, -0.2) is 0 Å². The van der Waals surface area contributed by atoms with Gasteiger partial charge in [0.05, 0.1) is 5.92 Å². The van der Waals surface area contributed by atoms with Crippen LogP contribution in [0.2, 0.25) is 5.02 Å². The molecule has 4 nitrogen and oxygen atoms in total. The minimum atomic E-state index is -0.178. The lowest BCUT2D eigenvalue weighted by molar-refractivity contribution is -0.121. The molecule has 2 aliphatic rings. The summed E-state index contributed by atoms with van der Waals surface area (Å²) in [5, 5.41) is 3.66. The van der Waals surface area contributed by atoms with E-state index in [0.717, 1.165) is 31.4 Å². The summed E-state index contributed by atoms with van der Waals surface area (Å²) in [6, 6.07) is 13.1. The molecule has 27 heavy (non-hydrogen) atoms. The van der Waals surface area contributed by atoms with Gasteiger partial charge in [-0.15, -0.1) is 0 Å². The zero-order valence-corrected chi connectivity index (χ0v) is 16.0. The third-order valence-electron chi connectivity index (χ3n) is 5.54. The summed E-state index contributed by atoms with van der Waals surface area (Å²) in [6.45, 7) is 1.14. The number of nitrogens with zero attached hydrogens (tertiary/aromatic N) is 1. The van der Waals surface area contributed by atoms with Gasteiger partial charge in [-0.2, -0.15) is 0 Å². The second-order valence-corrected chi connectivity index (χ2v) is 7.86. The first-order valence-electron chi connectivity index (χ1n) is 9.57. The molecule has 1 atom stereocenters. The zero-order chi connectivity index (χ0) is 18.8. The van der Waals surface area contributed by atoms with E-state index in [0.29, 0.717) is 23.7 Å². The van der Waals surface area contributed by atoms with Crippen molar-refractivity contribution in [3.8, 4) is 0 Å². The Kier molecular flexibility index (Phi) is 5.17. The highest BCUT2D eigenvalue weighted by Gasteiger charge is 2.29. The van der Waals surface area contributed by atoms with Crippen molar-refractivity contribution in [3.63, 3.8) is 0 Å². The molecule has 140 valence electrons. The average Bonchev–Trinajstić information content (AvgIpc) is 3.16. The van der Waals surface area contributed by atoms with Gasteiger partial charge >= 0.3 is 0 Å². The number of piperidine rings is 1. The lowest BCUT2D eigenvalue weighted by Crippen LogP contribution is -2.43. The smallest absolute Gasteiger partial charge is 0.253 e. The van der Waals surface area contributed by atoms with Gasteiger partial charge in [-0.1, -0.05) is 17.7 Å². The zero-order valence-electron chi connectivity index (χ0n) is 15.2. The molecule has 2 aromatic carbocycles. The fourth-order valence-electron chi connectivity index (χ4n) is 4.04. The molecule has 0 bridgehead atoms. The molecule has 0 saturated carbocycles. The van der Waals surface area contributed by atoms with E-state index in [4.69, 9.17) is 11.6 Å². The molecule has 1 unspecified atom stereocenters. The number of hydrogen-bond donors (Lipinski definition) is 1. The standard InChI is InChI=1S/C22H23ClN2O2/c23-19-9-6-16(7-10-19)22(27)25-12-2-5-18(14-25)21(26)24-20-11-8-15-3-1-4-17(15)13-20/h6-11,13,18H,1-5,12,14H2,(H,24,26). The van der Waals surface area contributed by atoms with Crippen LogP contribution in [0.1, 0.15) is 40.7 Å². The highest BCUT2D eigenvalue weighted by molar-refractivity contribution is 6.30. The number of hydrogen-bond acceptors (Lipinski definition) is 2. The predicted octanol–water partition coefficient (Wildman–Crippen LogP) is 4.32. The van der Waals surface area contributed by atoms with Crippen molar-refractivity contribution in [2.45, 2.75) is 32.1 Å². The van der Waals surface area contributed by atoms with Gasteiger partial charge in [-0.05, 0) is 79.6 Å². The monoisotopic (exact) mass is 382 g/mol. The quantitative estimate of drug-likeness (QED) is 0.859. The molecule has 0 spiro atoms. The van der Waals surface area contributed by atoms with Crippen LogP contribution in [0.25, 0.3) is 0 Å². The van der Waals surface area contributed by atoms with E-state index in [-0.39, 0.29) is 17.7 Å². The van der Waals surface area contributed by atoms with E-state index in [1.54, 1.807) is 29.2 Å². The summed E-state index contributed by atoms with van der Waals surface area (Å²) >= 11 is 5.90. The van der Waals surface area contributed by atoms with E-state index in [1.165, 1.54) is 17.5 Å².